The van der Waals surface area contributed by atoms with Crippen molar-refractivity contribution in [1.29, 1.82) is 0 Å². The van der Waals surface area contributed by atoms with Crippen molar-refractivity contribution >= 4 is 39.1 Å². The fourth-order valence-electron chi connectivity index (χ4n) is 8.21. The predicted octanol–water partition coefficient (Wildman–Crippen LogP) is 8.95. The van der Waals surface area contributed by atoms with Crippen LogP contribution in [0, 0.1) is 6.92 Å². The average molecular weight is 852 g/mol. The minimum Gasteiger partial charge on any atom is -0.492 e. The van der Waals surface area contributed by atoms with E-state index in [1.807, 2.05) is 54.6 Å². The number of nitrogens with one attached hydrogen (secondary N) is 1. The molecule has 3 aliphatic heterocycles. The molecule has 318 valence electrons. The third kappa shape index (κ3) is 9.63. The van der Waals surface area contributed by atoms with Crippen LogP contribution in [0.2, 0.25) is 0 Å². The molecule has 1 atom stereocenters. The number of imide groups is 1. The number of amides is 3. The maximum absolute atomic E-state index is 13.0. The standard InChI is InChI=1S/C50H49N3O8S/c1-33-7-9-35(10-8-33)48-47(43-18-16-41(30-45(43)62-48)60-32-34-5-3-2-4-6-34)61-39-13-11-37(12-14-39)57-26-25-52-23-21-38(22-24-52)58-27-28-59-40-15-17-42-36(29-40)31-53(50(42)56)44-19-20-46(54)51-49(44)55/h2-18,29-30,38,44H,19-28,31-32H2,1H3,(H,51,54,55)/t44-/m0/s1. The van der Waals surface area contributed by atoms with Crippen molar-refractivity contribution in [3.63, 3.8) is 0 Å². The molecule has 62 heavy (non-hydrogen) atoms. The highest BCUT2D eigenvalue weighted by Gasteiger charge is 2.39. The Morgan fingerprint density at radius 1 is 0.726 bits per heavy atom. The molecule has 6 aromatic rings. The van der Waals surface area contributed by atoms with Gasteiger partial charge in [0, 0.05) is 48.2 Å². The van der Waals surface area contributed by atoms with Gasteiger partial charge in [0.1, 0.15) is 48.9 Å². The van der Waals surface area contributed by atoms with Crippen molar-refractivity contribution in [3.05, 3.63) is 138 Å². The number of ether oxygens (including phenoxy) is 5. The van der Waals surface area contributed by atoms with Gasteiger partial charge in [0.25, 0.3) is 5.91 Å². The summed E-state index contributed by atoms with van der Waals surface area (Å²) in [7, 11) is 0. The molecule has 9 rings (SSSR count). The number of likely N-dealkylation sites (tertiary alicyclic amines) is 1. The smallest absolute Gasteiger partial charge is 0.255 e. The summed E-state index contributed by atoms with van der Waals surface area (Å²) in [5, 5.41) is 3.38. The molecule has 0 aliphatic carbocycles. The molecule has 3 aliphatic rings. The molecule has 2 saturated heterocycles. The molecule has 1 N–H and O–H groups in total. The number of nitrogens with zero attached hydrogens (tertiary/aromatic N) is 2. The van der Waals surface area contributed by atoms with Gasteiger partial charge in [0.05, 0.1) is 17.6 Å². The lowest BCUT2D eigenvalue weighted by Crippen LogP contribution is -2.52. The lowest BCUT2D eigenvalue weighted by molar-refractivity contribution is -0.136. The minimum atomic E-state index is -0.635. The summed E-state index contributed by atoms with van der Waals surface area (Å²) >= 11 is 1.70. The number of carbonyl (C=O) groups is 3. The Morgan fingerprint density at radius 3 is 2.24 bits per heavy atom. The average Bonchev–Trinajstić information content (AvgIpc) is 3.81. The van der Waals surface area contributed by atoms with Crippen LogP contribution in [0.4, 0.5) is 0 Å². The molecular weight excluding hydrogens is 803 g/mol. The van der Waals surface area contributed by atoms with Crippen LogP contribution in [0.5, 0.6) is 28.7 Å². The summed E-state index contributed by atoms with van der Waals surface area (Å²) in [5.41, 5.74) is 4.83. The number of hydrogen-bond donors (Lipinski definition) is 1. The molecule has 0 saturated carbocycles. The zero-order valence-electron chi connectivity index (χ0n) is 34.7. The van der Waals surface area contributed by atoms with E-state index in [1.165, 1.54) is 5.56 Å². The maximum Gasteiger partial charge on any atom is 0.255 e. The van der Waals surface area contributed by atoms with Gasteiger partial charge in [-0.3, -0.25) is 24.6 Å². The van der Waals surface area contributed by atoms with Crippen molar-refractivity contribution in [2.45, 2.75) is 57.9 Å². The van der Waals surface area contributed by atoms with Crippen molar-refractivity contribution in [2.75, 3.05) is 39.5 Å². The van der Waals surface area contributed by atoms with E-state index in [1.54, 1.807) is 28.4 Å². The van der Waals surface area contributed by atoms with Crippen molar-refractivity contribution < 1.29 is 38.1 Å². The highest BCUT2D eigenvalue weighted by Crippen LogP contribution is 2.47. The maximum atomic E-state index is 13.0. The summed E-state index contributed by atoms with van der Waals surface area (Å²) < 4.78 is 32.2. The zero-order chi connectivity index (χ0) is 42.4. The zero-order valence-corrected chi connectivity index (χ0v) is 35.5. The monoisotopic (exact) mass is 851 g/mol. The molecule has 4 heterocycles. The summed E-state index contributed by atoms with van der Waals surface area (Å²) in [6.07, 6.45) is 2.61. The molecule has 0 spiro atoms. The molecular formula is C50H49N3O8S. The van der Waals surface area contributed by atoms with Crippen LogP contribution < -0.4 is 24.3 Å². The Bertz CT molecular complexity index is 2530. The van der Waals surface area contributed by atoms with Crippen LogP contribution in [-0.4, -0.2) is 79.1 Å². The second kappa shape index (κ2) is 18.8. The molecule has 12 heteroatoms. The number of fused-ring (bicyclic) bond motifs is 2. The lowest BCUT2D eigenvalue weighted by Gasteiger charge is -2.31. The topological polar surface area (TPSA) is 116 Å². The van der Waals surface area contributed by atoms with Crippen LogP contribution >= 0.6 is 11.3 Å². The first-order chi connectivity index (χ1) is 30.3. The van der Waals surface area contributed by atoms with E-state index in [-0.39, 0.29) is 24.3 Å². The van der Waals surface area contributed by atoms with Gasteiger partial charge < -0.3 is 28.6 Å². The van der Waals surface area contributed by atoms with Gasteiger partial charge in [-0.2, -0.15) is 0 Å². The van der Waals surface area contributed by atoms with Crippen LogP contribution in [0.1, 0.15) is 52.7 Å². The molecule has 1 aromatic heterocycles. The number of aryl methyl sites for hydroxylation is 1. The largest absolute Gasteiger partial charge is 0.492 e. The molecule has 0 radical (unpaired) electrons. The van der Waals surface area contributed by atoms with E-state index in [0.717, 1.165) is 87.1 Å². The second-order valence-electron chi connectivity index (χ2n) is 16.0. The summed E-state index contributed by atoms with van der Waals surface area (Å²) in [6.45, 7) is 7.06. The Morgan fingerprint density at radius 2 is 1.45 bits per heavy atom. The quantitative estimate of drug-likeness (QED) is 0.0753. The number of thiophene rings is 1. The van der Waals surface area contributed by atoms with Crippen LogP contribution in [0.15, 0.2) is 115 Å². The first kappa shape index (κ1) is 41.2. The number of hydrogen-bond acceptors (Lipinski definition) is 10. The first-order valence-corrected chi connectivity index (χ1v) is 22.1. The van der Waals surface area contributed by atoms with Gasteiger partial charge >= 0.3 is 0 Å². The van der Waals surface area contributed by atoms with Gasteiger partial charge in [-0.25, -0.2) is 0 Å². The Labute approximate surface area is 365 Å². The molecule has 2 fully saturated rings. The minimum absolute atomic E-state index is 0.171. The van der Waals surface area contributed by atoms with Gasteiger partial charge in [-0.05, 0) is 104 Å². The van der Waals surface area contributed by atoms with E-state index in [4.69, 9.17) is 23.7 Å². The fourth-order valence-corrected chi connectivity index (χ4v) is 9.37. The Kier molecular flexibility index (Phi) is 12.5. The number of benzene rings is 5. The van der Waals surface area contributed by atoms with Crippen LogP contribution in [0.25, 0.3) is 20.5 Å². The van der Waals surface area contributed by atoms with E-state index in [2.05, 4.69) is 65.7 Å². The Balaban J connectivity index is 0.713. The normalized spacial score (nSPS) is 17.0. The predicted molar refractivity (Wildman–Crippen MR) is 238 cm³/mol. The highest BCUT2D eigenvalue weighted by atomic mass is 32.1. The molecule has 0 bridgehead atoms. The van der Waals surface area contributed by atoms with Crippen LogP contribution in [-0.2, 0) is 27.5 Å². The van der Waals surface area contributed by atoms with Crippen molar-refractivity contribution in [2.24, 2.45) is 0 Å². The highest BCUT2D eigenvalue weighted by molar-refractivity contribution is 7.22. The first-order valence-electron chi connectivity index (χ1n) is 21.3. The second-order valence-corrected chi connectivity index (χ2v) is 17.0. The molecule has 0 unspecified atom stereocenters. The number of piperidine rings is 2. The van der Waals surface area contributed by atoms with Gasteiger partial charge in [0.15, 0.2) is 5.75 Å². The van der Waals surface area contributed by atoms with Gasteiger partial charge in [-0.1, -0.05) is 60.2 Å². The molecule has 11 nitrogen and oxygen atoms in total. The number of carbonyl (C=O) groups excluding carboxylic acids is 3. The van der Waals surface area contributed by atoms with E-state index in [9.17, 15) is 14.4 Å². The lowest BCUT2D eigenvalue weighted by atomic mass is 10.0. The van der Waals surface area contributed by atoms with Gasteiger partial charge in [-0.15, -0.1) is 11.3 Å². The third-order valence-electron chi connectivity index (χ3n) is 11.6. The summed E-state index contributed by atoms with van der Waals surface area (Å²) in [4.78, 5) is 41.9. The molecule has 5 aromatic carbocycles. The van der Waals surface area contributed by atoms with E-state index in [0.29, 0.717) is 50.7 Å². The van der Waals surface area contributed by atoms with Crippen LogP contribution in [0.3, 0.4) is 0 Å². The van der Waals surface area contributed by atoms with E-state index >= 15 is 0 Å². The van der Waals surface area contributed by atoms with Gasteiger partial charge in [0.2, 0.25) is 11.8 Å². The van der Waals surface area contributed by atoms with E-state index < -0.39 is 11.9 Å². The fraction of sp³-hybridized carbons (Fsp3) is 0.300. The van der Waals surface area contributed by atoms with Crippen molar-refractivity contribution in [3.8, 4) is 39.2 Å². The SMILES string of the molecule is Cc1ccc(-c2sc3cc(OCc4ccccc4)ccc3c2Oc2ccc(OCCN3CCC(OCCOc4ccc5c(c4)CN([C@H]4CCC(=O)NC4=O)C5=O)CC3)cc2)cc1. The number of rotatable bonds is 16. The summed E-state index contributed by atoms with van der Waals surface area (Å²) in [5.74, 6) is 2.94. The van der Waals surface area contributed by atoms with Crippen molar-refractivity contribution in [1.82, 2.24) is 15.1 Å². The summed E-state index contributed by atoms with van der Waals surface area (Å²) in [6, 6.07) is 37.5. The molecule has 3 amide bonds. The Hall–Kier alpha value is -6.21. The third-order valence-corrected chi connectivity index (χ3v) is 12.8.